The fourth-order valence-corrected chi connectivity index (χ4v) is 2.87. The number of carbonyl (C=O) groups excluding carboxylic acids is 1. The second-order valence-electron chi connectivity index (χ2n) is 8.40. The van der Waals surface area contributed by atoms with Crippen LogP contribution in [0, 0.1) is 5.92 Å². The first-order chi connectivity index (χ1) is 12.2. The molecular weight excluding hydrogens is 328 g/mol. The Labute approximate surface area is 158 Å². The van der Waals surface area contributed by atoms with E-state index in [0.29, 0.717) is 12.5 Å². The average Bonchev–Trinajstić information content (AvgIpc) is 2.58. The number of anilines is 1. The highest BCUT2D eigenvalue weighted by molar-refractivity contribution is 5.69. The van der Waals surface area contributed by atoms with Crippen LogP contribution in [0.3, 0.4) is 0 Å². The minimum Gasteiger partial charge on any atom is -0.488 e. The molecule has 0 unspecified atom stereocenters. The third kappa shape index (κ3) is 6.77. The molecule has 1 aliphatic rings. The van der Waals surface area contributed by atoms with Crippen LogP contribution >= 0.6 is 0 Å². The van der Waals surface area contributed by atoms with E-state index in [2.05, 4.69) is 13.8 Å². The van der Waals surface area contributed by atoms with E-state index in [1.165, 1.54) is 6.42 Å². The maximum atomic E-state index is 12.5. The van der Waals surface area contributed by atoms with E-state index in [1.807, 2.05) is 49.9 Å². The van der Waals surface area contributed by atoms with E-state index in [0.717, 1.165) is 43.8 Å². The number of amides is 1. The van der Waals surface area contributed by atoms with Crippen LogP contribution in [0.25, 0.3) is 0 Å². The van der Waals surface area contributed by atoms with Crippen LogP contribution < -0.4 is 9.80 Å². The summed E-state index contributed by atoms with van der Waals surface area (Å²) in [6.07, 6.45) is 4.01. The summed E-state index contributed by atoms with van der Waals surface area (Å²) in [6.45, 7) is 12.7. The second-order valence-corrected chi connectivity index (χ2v) is 8.40. The predicted molar refractivity (Wildman–Crippen MR) is 106 cm³/mol. The van der Waals surface area contributed by atoms with Gasteiger partial charge in [0.15, 0.2) is 0 Å². The number of rotatable bonds is 6. The molecule has 1 amide bonds. The lowest BCUT2D eigenvalue weighted by atomic mass is 10.1. The van der Waals surface area contributed by atoms with Gasteiger partial charge in [0.25, 0.3) is 0 Å². The van der Waals surface area contributed by atoms with Crippen LogP contribution in [-0.2, 0) is 4.84 Å². The zero-order valence-corrected chi connectivity index (χ0v) is 17.0. The van der Waals surface area contributed by atoms with Crippen LogP contribution in [0.15, 0.2) is 24.3 Å². The number of piperidine rings is 1. The van der Waals surface area contributed by atoms with Crippen LogP contribution in [0.5, 0.6) is 5.75 Å². The van der Waals surface area contributed by atoms with Crippen molar-refractivity contribution in [1.82, 2.24) is 4.90 Å². The van der Waals surface area contributed by atoms with Crippen molar-refractivity contribution in [3.8, 4) is 5.75 Å². The van der Waals surface area contributed by atoms with Gasteiger partial charge in [-0.15, -0.1) is 0 Å². The van der Waals surface area contributed by atoms with Gasteiger partial charge in [0.1, 0.15) is 11.4 Å². The molecule has 1 aromatic carbocycles. The van der Waals surface area contributed by atoms with Gasteiger partial charge in [-0.2, -0.15) is 0 Å². The van der Waals surface area contributed by atoms with E-state index in [1.54, 1.807) is 5.06 Å². The molecule has 1 fully saturated rings. The number of nitrogens with zero attached hydrogens (tertiary/aromatic N) is 2. The molecule has 5 nitrogen and oxygen atoms in total. The summed E-state index contributed by atoms with van der Waals surface area (Å²) < 4.78 is 5.88. The summed E-state index contributed by atoms with van der Waals surface area (Å²) in [7, 11) is 0. The summed E-state index contributed by atoms with van der Waals surface area (Å²) in [5.74, 6) is 1.35. The molecule has 1 aromatic rings. The van der Waals surface area contributed by atoms with Gasteiger partial charge in [-0.1, -0.05) is 13.8 Å². The molecule has 0 radical (unpaired) electrons. The maximum absolute atomic E-state index is 12.5. The topological polar surface area (TPSA) is 42.0 Å². The first-order valence-corrected chi connectivity index (χ1v) is 9.78. The zero-order valence-electron chi connectivity index (χ0n) is 17.0. The molecule has 2 rings (SSSR count). The number of ether oxygens (including phenoxy) is 1. The normalized spacial score (nSPS) is 15.1. The second kappa shape index (κ2) is 9.15. The highest BCUT2D eigenvalue weighted by Crippen LogP contribution is 2.24. The minimum absolute atomic E-state index is 0.237. The fraction of sp³-hybridized carbons (Fsp3) is 0.667. The molecule has 0 bridgehead atoms. The first kappa shape index (κ1) is 20.4. The Morgan fingerprint density at radius 2 is 1.73 bits per heavy atom. The molecule has 0 N–H and O–H groups in total. The van der Waals surface area contributed by atoms with Gasteiger partial charge in [-0.05, 0) is 76.6 Å². The highest BCUT2D eigenvalue weighted by atomic mass is 16.7. The summed E-state index contributed by atoms with van der Waals surface area (Å²) >= 11 is 0. The number of likely N-dealkylation sites (tertiary alicyclic amines) is 1. The van der Waals surface area contributed by atoms with Gasteiger partial charge >= 0.3 is 6.09 Å². The van der Waals surface area contributed by atoms with Crippen molar-refractivity contribution in [3.05, 3.63) is 24.3 Å². The van der Waals surface area contributed by atoms with E-state index in [4.69, 9.17) is 9.57 Å². The van der Waals surface area contributed by atoms with Gasteiger partial charge in [-0.3, -0.25) is 0 Å². The van der Waals surface area contributed by atoms with Crippen LogP contribution in [0.2, 0.25) is 0 Å². The van der Waals surface area contributed by atoms with Crippen molar-refractivity contribution in [2.75, 3.05) is 24.7 Å². The van der Waals surface area contributed by atoms with Crippen molar-refractivity contribution in [2.24, 2.45) is 5.92 Å². The van der Waals surface area contributed by atoms with Gasteiger partial charge in [0.2, 0.25) is 0 Å². The third-order valence-electron chi connectivity index (χ3n) is 4.26. The Morgan fingerprint density at radius 3 is 2.27 bits per heavy atom. The average molecular weight is 363 g/mol. The fourth-order valence-electron chi connectivity index (χ4n) is 2.87. The van der Waals surface area contributed by atoms with Gasteiger partial charge in [0.05, 0.1) is 12.2 Å². The minimum atomic E-state index is -0.247. The molecular formula is C21H34N2O3. The Kier molecular flexibility index (Phi) is 7.18. The van der Waals surface area contributed by atoms with Crippen molar-refractivity contribution in [2.45, 2.75) is 65.9 Å². The number of hydroxylamine groups is 1. The van der Waals surface area contributed by atoms with Crippen molar-refractivity contribution in [1.29, 1.82) is 0 Å². The predicted octanol–water partition coefficient (Wildman–Crippen LogP) is 5.25. The van der Waals surface area contributed by atoms with E-state index >= 15 is 0 Å². The Morgan fingerprint density at radius 1 is 1.12 bits per heavy atom. The molecule has 0 aromatic heterocycles. The Bertz CT molecular complexity index is 558. The standard InChI is InChI=1S/C21H34N2O3/c1-17(2)13-16-23(26-20(24)22-14-7-6-8-15-22)18-9-11-19(12-10-18)25-21(3,4)5/h9-12,17H,6-8,13-16H2,1-5H3. The molecule has 5 heteroatoms. The molecule has 1 aliphatic heterocycles. The van der Waals surface area contributed by atoms with Gasteiger partial charge < -0.3 is 14.5 Å². The van der Waals surface area contributed by atoms with Crippen molar-refractivity contribution >= 4 is 11.8 Å². The lowest BCUT2D eigenvalue weighted by Crippen LogP contribution is -2.40. The van der Waals surface area contributed by atoms with E-state index in [-0.39, 0.29) is 11.7 Å². The van der Waals surface area contributed by atoms with Crippen molar-refractivity contribution < 1.29 is 14.4 Å². The van der Waals surface area contributed by atoms with Gasteiger partial charge in [-0.25, -0.2) is 9.86 Å². The van der Waals surface area contributed by atoms with Gasteiger partial charge in [0, 0.05) is 13.1 Å². The largest absolute Gasteiger partial charge is 0.488 e. The highest BCUT2D eigenvalue weighted by Gasteiger charge is 2.22. The summed E-state index contributed by atoms with van der Waals surface area (Å²) in [4.78, 5) is 20.1. The Hall–Kier alpha value is -1.91. The maximum Gasteiger partial charge on any atom is 0.434 e. The Balaban J connectivity index is 2.06. The lowest BCUT2D eigenvalue weighted by molar-refractivity contribution is 0.0834. The zero-order chi connectivity index (χ0) is 19.2. The SMILES string of the molecule is CC(C)CCN(OC(=O)N1CCCCC1)c1ccc(OC(C)(C)C)cc1. The number of hydrogen-bond acceptors (Lipinski definition) is 4. The number of benzene rings is 1. The van der Waals surface area contributed by atoms with E-state index in [9.17, 15) is 4.79 Å². The van der Waals surface area contributed by atoms with Crippen LogP contribution in [-0.4, -0.2) is 36.2 Å². The molecule has 26 heavy (non-hydrogen) atoms. The van der Waals surface area contributed by atoms with E-state index < -0.39 is 0 Å². The number of hydrogen-bond donors (Lipinski definition) is 0. The summed E-state index contributed by atoms with van der Waals surface area (Å²) in [5.41, 5.74) is 0.636. The van der Waals surface area contributed by atoms with Crippen LogP contribution in [0.1, 0.15) is 60.3 Å². The summed E-state index contributed by atoms with van der Waals surface area (Å²) in [6, 6.07) is 7.76. The number of carbonyl (C=O) groups is 1. The summed E-state index contributed by atoms with van der Waals surface area (Å²) in [5, 5.41) is 1.72. The molecule has 146 valence electrons. The quantitative estimate of drug-likeness (QED) is 0.648. The van der Waals surface area contributed by atoms with Crippen LogP contribution in [0.4, 0.5) is 10.5 Å². The first-order valence-electron chi connectivity index (χ1n) is 9.78. The molecule has 1 heterocycles. The monoisotopic (exact) mass is 362 g/mol. The molecule has 0 saturated carbocycles. The third-order valence-corrected chi connectivity index (χ3v) is 4.26. The van der Waals surface area contributed by atoms with Crippen molar-refractivity contribution in [3.63, 3.8) is 0 Å². The molecule has 1 saturated heterocycles. The molecule has 0 aliphatic carbocycles. The smallest absolute Gasteiger partial charge is 0.434 e. The lowest BCUT2D eigenvalue weighted by Gasteiger charge is -2.30. The molecule has 0 atom stereocenters. The molecule has 0 spiro atoms.